The predicted molar refractivity (Wildman–Crippen MR) is 35.9 cm³/mol. The minimum Gasteiger partial charge on any atom is -0.325 e. The zero-order valence-electron chi connectivity index (χ0n) is 5.39. The number of halogens is 1. The molecule has 0 radical (unpaired) electrons. The van der Waals surface area contributed by atoms with Crippen LogP contribution < -0.4 is 10.6 Å². The largest absolute Gasteiger partial charge is 0.325 e. The van der Waals surface area contributed by atoms with E-state index >= 15 is 0 Å². The number of amides is 3. The quantitative estimate of drug-likeness (QED) is 0.434. The molecule has 11 heavy (non-hydrogen) atoms. The zero-order valence-corrected chi connectivity index (χ0v) is 6.14. The Bertz CT molecular complexity index is 228. The summed E-state index contributed by atoms with van der Waals surface area (Å²) in [5.41, 5.74) is 0. The summed E-state index contributed by atoms with van der Waals surface area (Å²) < 4.78 is 0. The first kappa shape index (κ1) is 8.00. The molecule has 1 atom stereocenters. The second-order valence-corrected chi connectivity index (χ2v) is 2.50. The van der Waals surface area contributed by atoms with Gasteiger partial charge < -0.3 is 5.32 Å². The van der Waals surface area contributed by atoms with Gasteiger partial charge in [-0.25, -0.2) is 4.79 Å². The molecule has 0 saturated carbocycles. The zero-order chi connectivity index (χ0) is 8.43. The number of carbonyl (C=O) groups excluding carboxylic acids is 3. The molecule has 1 aliphatic rings. The molecule has 1 saturated heterocycles. The van der Waals surface area contributed by atoms with Gasteiger partial charge in [0.15, 0.2) is 0 Å². The molecule has 5 nitrogen and oxygen atoms in total. The van der Waals surface area contributed by atoms with E-state index in [0.29, 0.717) is 0 Å². The van der Waals surface area contributed by atoms with E-state index in [4.69, 9.17) is 11.6 Å². The van der Waals surface area contributed by atoms with Crippen molar-refractivity contribution in [2.24, 2.45) is 0 Å². The third-order valence-corrected chi connectivity index (χ3v) is 1.38. The first-order chi connectivity index (χ1) is 5.09. The number of hydrogen-bond acceptors (Lipinski definition) is 3. The highest BCUT2D eigenvalue weighted by Crippen LogP contribution is 2.01. The van der Waals surface area contributed by atoms with Crippen LogP contribution in [0.4, 0.5) is 4.79 Å². The van der Waals surface area contributed by atoms with Crippen LogP contribution in [0, 0.1) is 0 Å². The lowest BCUT2D eigenvalue weighted by atomic mass is 10.2. The topological polar surface area (TPSA) is 75.3 Å². The van der Waals surface area contributed by atoms with Crippen LogP contribution in [0.2, 0.25) is 0 Å². The number of urea groups is 1. The van der Waals surface area contributed by atoms with Crippen molar-refractivity contribution in [1.82, 2.24) is 10.6 Å². The fourth-order valence-corrected chi connectivity index (χ4v) is 0.917. The van der Waals surface area contributed by atoms with Crippen LogP contribution >= 0.6 is 11.6 Å². The van der Waals surface area contributed by atoms with E-state index in [1.54, 1.807) is 0 Å². The van der Waals surface area contributed by atoms with Gasteiger partial charge in [-0.3, -0.25) is 14.9 Å². The molecule has 2 N–H and O–H groups in total. The normalized spacial score (nSPS) is 22.8. The van der Waals surface area contributed by atoms with Crippen molar-refractivity contribution in [1.29, 1.82) is 0 Å². The molecule has 60 valence electrons. The highest BCUT2D eigenvalue weighted by molar-refractivity contribution is 6.63. The second kappa shape index (κ2) is 2.87. The van der Waals surface area contributed by atoms with E-state index in [-0.39, 0.29) is 6.42 Å². The van der Waals surface area contributed by atoms with Crippen molar-refractivity contribution in [2.75, 3.05) is 0 Å². The number of imide groups is 1. The van der Waals surface area contributed by atoms with Crippen LogP contribution in [0.1, 0.15) is 6.42 Å². The summed E-state index contributed by atoms with van der Waals surface area (Å²) in [5, 5.41) is 3.56. The Morgan fingerprint density at radius 3 is 2.55 bits per heavy atom. The Labute approximate surface area is 67.1 Å². The molecule has 0 spiro atoms. The van der Waals surface area contributed by atoms with Gasteiger partial charge in [0.05, 0.1) is 6.42 Å². The Morgan fingerprint density at radius 1 is 1.55 bits per heavy atom. The Balaban J connectivity index is 2.53. The SMILES string of the molecule is O=C(Cl)C[C@@H]1NC(=O)NC1=O. The fraction of sp³-hybridized carbons (Fsp3) is 0.400. The number of carbonyl (C=O) groups is 3. The van der Waals surface area contributed by atoms with Crippen LogP contribution in [-0.4, -0.2) is 23.2 Å². The Morgan fingerprint density at radius 2 is 2.18 bits per heavy atom. The first-order valence-corrected chi connectivity index (χ1v) is 3.27. The molecule has 0 unspecified atom stereocenters. The molecule has 0 aromatic rings. The third kappa shape index (κ3) is 1.91. The summed E-state index contributed by atoms with van der Waals surface area (Å²) in [5.74, 6) is -0.510. The third-order valence-electron chi connectivity index (χ3n) is 1.22. The van der Waals surface area contributed by atoms with Crippen LogP contribution in [0.15, 0.2) is 0 Å². The minimum atomic E-state index is -0.799. The number of nitrogens with one attached hydrogen (secondary N) is 2. The minimum absolute atomic E-state index is 0.168. The standard InChI is InChI=1S/C5H5ClN2O3/c6-3(9)1-2-4(10)8-5(11)7-2/h2H,1H2,(H2,7,8,10,11)/t2-/m0/s1. The van der Waals surface area contributed by atoms with Crippen molar-refractivity contribution in [2.45, 2.75) is 12.5 Å². The summed E-state index contributed by atoms with van der Waals surface area (Å²) in [4.78, 5) is 31.4. The second-order valence-electron chi connectivity index (χ2n) is 2.07. The average molecular weight is 177 g/mol. The highest BCUT2D eigenvalue weighted by atomic mass is 35.5. The lowest BCUT2D eigenvalue weighted by Gasteiger charge is -2.00. The monoisotopic (exact) mass is 176 g/mol. The van der Waals surface area contributed by atoms with Crippen LogP contribution in [0.3, 0.4) is 0 Å². The summed E-state index contributed by atoms with van der Waals surface area (Å²) in [6.45, 7) is 0. The number of hydrogen-bond donors (Lipinski definition) is 2. The summed E-state index contributed by atoms with van der Waals surface area (Å²) >= 11 is 5.00. The van der Waals surface area contributed by atoms with E-state index in [2.05, 4.69) is 5.32 Å². The van der Waals surface area contributed by atoms with Crippen LogP contribution in [0.25, 0.3) is 0 Å². The van der Waals surface area contributed by atoms with E-state index in [9.17, 15) is 14.4 Å². The molecule has 6 heteroatoms. The lowest BCUT2D eigenvalue weighted by molar-refractivity contribution is -0.122. The van der Waals surface area contributed by atoms with Crippen molar-refractivity contribution >= 4 is 28.8 Å². The van der Waals surface area contributed by atoms with E-state index in [1.807, 2.05) is 5.32 Å². The van der Waals surface area contributed by atoms with E-state index in [0.717, 1.165) is 0 Å². The average Bonchev–Trinajstić information content (AvgIpc) is 2.09. The molecule has 1 heterocycles. The van der Waals surface area contributed by atoms with E-state index < -0.39 is 23.2 Å². The molecule has 1 fully saturated rings. The summed E-state index contributed by atoms with van der Waals surface area (Å²) in [7, 11) is 0. The van der Waals surface area contributed by atoms with Crippen LogP contribution in [0.5, 0.6) is 0 Å². The Kier molecular flexibility index (Phi) is 2.09. The summed E-state index contributed by atoms with van der Waals surface area (Å²) in [6.07, 6.45) is -0.168. The number of rotatable bonds is 2. The van der Waals surface area contributed by atoms with Gasteiger partial charge in [-0.05, 0) is 11.6 Å². The van der Waals surface area contributed by atoms with Crippen molar-refractivity contribution in [3.63, 3.8) is 0 Å². The lowest BCUT2D eigenvalue weighted by Crippen LogP contribution is -2.30. The molecule has 3 amide bonds. The fourth-order valence-electron chi connectivity index (χ4n) is 0.763. The van der Waals surface area contributed by atoms with Gasteiger partial charge in [-0.1, -0.05) is 0 Å². The van der Waals surface area contributed by atoms with Crippen molar-refractivity contribution < 1.29 is 14.4 Å². The molecular formula is C5H5ClN2O3. The first-order valence-electron chi connectivity index (χ1n) is 2.89. The molecule has 1 rings (SSSR count). The van der Waals surface area contributed by atoms with Gasteiger partial charge in [-0.15, -0.1) is 0 Å². The van der Waals surface area contributed by atoms with Gasteiger partial charge in [0.1, 0.15) is 6.04 Å². The molecule has 0 aliphatic carbocycles. The Hall–Kier alpha value is -1.10. The maximum absolute atomic E-state index is 10.7. The van der Waals surface area contributed by atoms with Gasteiger partial charge in [-0.2, -0.15) is 0 Å². The van der Waals surface area contributed by atoms with Gasteiger partial charge >= 0.3 is 6.03 Å². The summed E-state index contributed by atoms with van der Waals surface area (Å²) in [6, 6.07) is -1.38. The van der Waals surface area contributed by atoms with Crippen molar-refractivity contribution in [3.05, 3.63) is 0 Å². The molecule has 0 aromatic heterocycles. The molecule has 0 aromatic carbocycles. The molecule has 1 aliphatic heterocycles. The van der Waals surface area contributed by atoms with Crippen molar-refractivity contribution in [3.8, 4) is 0 Å². The maximum atomic E-state index is 10.7. The molecule has 0 bridgehead atoms. The maximum Gasteiger partial charge on any atom is 0.322 e. The van der Waals surface area contributed by atoms with Crippen LogP contribution in [-0.2, 0) is 9.59 Å². The van der Waals surface area contributed by atoms with Gasteiger partial charge in [0, 0.05) is 0 Å². The predicted octanol–water partition coefficient (Wildman–Crippen LogP) is -0.650. The highest BCUT2D eigenvalue weighted by Gasteiger charge is 2.30. The smallest absolute Gasteiger partial charge is 0.322 e. The van der Waals surface area contributed by atoms with Gasteiger partial charge in [0.2, 0.25) is 5.24 Å². The van der Waals surface area contributed by atoms with Gasteiger partial charge in [0.25, 0.3) is 5.91 Å². The molecular weight excluding hydrogens is 172 g/mol. The van der Waals surface area contributed by atoms with E-state index in [1.165, 1.54) is 0 Å².